The molecule has 4 heteroatoms. The fraction of sp³-hybridized carbons (Fsp3) is 0.200. The van der Waals surface area contributed by atoms with Gasteiger partial charge in [-0.05, 0) is 4.90 Å². The molecule has 0 aliphatic heterocycles. The summed E-state index contributed by atoms with van der Waals surface area (Å²) in [5, 5.41) is 0. The van der Waals surface area contributed by atoms with Gasteiger partial charge in [0.1, 0.15) is 0 Å². The normalized spacial score (nSPS) is 14.6. The maximum Gasteiger partial charge on any atom is 0.428 e. The summed E-state index contributed by atoms with van der Waals surface area (Å²) in [7, 11) is -2.23. The lowest BCUT2D eigenvalue weighted by Gasteiger charge is -2.22. The Balaban J connectivity index is 2.96. The van der Waals surface area contributed by atoms with Crippen molar-refractivity contribution in [3.63, 3.8) is 0 Å². The fourth-order valence-corrected chi connectivity index (χ4v) is 2.40. The summed E-state index contributed by atoms with van der Waals surface area (Å²) < 4.78 is 37.6. The zero-order valence-electron chi connectivity index (χ0n) is 7.25. The number of benzene rings is 1. The molecule has 0 nitrogen and oxygen atoms in total. The molecule has 0 aromatic heterocycles. The third kappa shape index (κ3) is 2.71. The zero-order chi connectivity index (χ0) is 10.6. The highest BCUT2D eigenvalue weighted by Crippen LogP contribution is 2.50. The minimum atomic E-state index is -4.21. The first kappa shape index (κ1) is 11.0. The third-order valence-electron chi connectivity index (χ3n) is 1.62. The van der Waals surface area contributed by atoms with Crippen molar-refractivity contribution in [1.82, 2.24) is 0 Å². The highest BCUT2D eigenvalue weighted by atomic mass is 32.2. The average Bonchev–Trinajstić information content (AvgIpc) is 2.14. The monoisotopic (exact) mass is 218 g/mol. The maximum atomic E-state index is 12.5. The summed E-state index contributed by atoms with van der Waals surface area (Å²) in [6, 6.07) is 7.80. The second kappa shape index (κ2) is 4.43. The van der Waals surface area contributed by atoms with Crippen LogP contribution in [-0.2, 0) is 0 Å². The number of halogens is 3. The molecule has 0 radical (unpaired) electrons. The van der Waals surface area contributed by atoms with E-state index in [0.717, 1.165) is 0 Å². The van der Waals surface area contributed by atoms with E-state index >= 15 is 0 Å². The Hall–Kier alpha value is -1.08. The van der Waals surface area contributed by atoms with Crippen molar-refractivity contribution in [2.75, 3.05) is 5.75 Å². The van der Waals surface area contributed by atoms with Gasteiger partial charge in [0.15, 0.2) is 0 Å². The van der Waals surface area contributed by atoms with Crippen LogP contribution in [0.4, 0.5) is 13.2 Å². The Morgan fingerprint density at radius 3 is 2.21 bits per heavy atom. The standard InChI is InChI=1S/C10H9F3S/c1-2-8-14(10(11,12)13)9-6-4-3-5-7-9/h1,3-7,14H,8H2. The smallest absolute Gasteiger partial charge is 0.162 e. The largest absolute Gasteiger partial charge is 0.428 e. The first-order valence-electron chi connectivity index (χ1n) is 3.88. The molecule has 0 heterocycles. The van der Waals surface area contributed by atoms with Crippen molar-refractivity contribution in [2.45, 2.75) is 10.4 Å². The zero-order valence-corrected chi connectivity index (χ0v) is 8.15. The molecule has 0 aliphatic carbocycles. The van der Waals surface area contributed by atoms with Crippen molar-refractivity contribution < 1.29 is 13.2 Å². The van der Waals surface area contributed by atoms with E-state index in [1.165, 1.54) is 12.1 Å². The highest BCUT2D eigenvalue weighted by Gasteiger charge is 2.36. The van der Waals surface area contributed by atoms with Crippen LogP contribution in [0.3, 0.4) is 0 Å². The van der Waals surface area contributed by atoms with Gasteiger partial charge in [-0.3, -0.25) is 0 Å². The van der Waals surface area contributed by atoms with E-state index < -0.39 is 16.4 Å². The van der Waals surface area contributed by atoms with E-state index in [9.17, 15) is 13.2 Å². The molecule has 1 unspecified atom stereocenters. The van der Waals surface area contributed by atoms with Crippen LogP contribution in [-0.4, -0.2) is 11.3 Å². The minimum Gasteiger partial charge on any atom is -0.162 e. The van der Waals surface area contributed by atoms with Crippen molar-refractivity contribution in [2.24, 2.45) is 0 Å². The van der Waals surface area contributed by atoms with E-state index in [-0.39, 0.29) is 10.6 Å². The van der Waals surface area contributed by atoms with Gasteiger partial charge < -0.3 is 0 Å². The molecule has 1 aromatic carbocycles. The fourth-order valence-electron chi connectivity index (χ4n) is 1.03. The molecule has 0 spiro atoms. The van der Waals surface area contributed by atoms with Gasteiger partial charge >= 0.3 is 5.51 Å². The summed E-state index contributed by atoms with van der Waals surface area (Å²) >= 11 is 0. The van der Waals surface area contributed by atoms with Gasteiger partial charge in [-0.15, -0.1) is 17.3 Å². The molecule has 0 bridgehead atoms. The van der Waals surface area contributed by atoms with Crippen LogP contribution < -0.4 is 0 Å². The van der Waals surface area contributed by atoms with Crippen molar-refractivity contribution >= 4 is 10.9 Å². The van der Waals surface area contributed by atoms with Gasteiger partial charge in [0.05, 0.1) is 0 Å². The van der Waals surface area contributed by atoms with E-state index in [4.69, 9.17) is 6.42 Å². The highest BCUT2D eigenvalue weighted by molar-refractivity contribution is 8.18. The van der Waals surface area contributed by atoms with Gasteiger partial charge in [-0.1, -0.05) is 36.3 Å². The van der Waals surface area contributed by atoms with E-state index in [1.54, 1.807) is 18.2 Å². The number of hydrogen-bond donors (Lipinski definition) is 1. The Morgan fingerprint density at radius 2 is 1.79 bits per heavy atom. The summed E-state index contributed by atoms with van der Waals surface area (Å²) in [5.41, 5.74) is -4.21. The predicted molar refractivity (Wildman–Crippen MR) is 53.4 cm³/mol. The Bertz CT molecular complexity index is 323. The average molecular weight is 218 g/mol. The van der Waals surface area contributed by atoms with E-state index in [2.05, 4.69) is 5.92 Å². The molecule has 0 fully saturated rings. The van der Waals surface area contributed by atoms with E-state index in [0.29, 0.717) is 0 Å². The number of hydrogen-bond acceptors (Lipinski definition) is 0. The number of thiol groups is 1. The maximum absolute atomic E-state index is 12.5. The topological polar surface area (TPSA) is 0 Å². The molecule has 1 atom stereocenters. The van der Waals surface area contributed by atoms with Crippen molar-refractivity contribution in [3.05, 3.63) is 30.3 Å². The summed E-state index contributed by atoms with van der Waals surface area (Å²) in [6.07, 6.45) is 4.93. The summed E-state index contributed by atoms with van der Waals surface area (Å²) in [4.78, 5) is 0.285. The summed E-state index contributed by atoms with van der Waals surface area (Å²) in [5.74, 6) is 1.83. The molecular formula is C10H9F3S. The van der Waals surface area contributed by atoms with Gasteiger partial charge in [0.25, 0.3) is 0 Å². The lowest BCUT2D eigenvalue weighted by atomic mass is 10.4. The number of alkyl halides is 3. The van der Waals surface area contributed by atoms with Gasteiger partial charge in [0.2, 0.25) is 0 Å². The Kier molecular flexibility index (Phi) is 3.48. The SMILES string of the molecule is C#CC[SH](c1ccccc1)C(F)(F)F. The molecule has 76 valence electrons. The predicted octanol–water partition coefficient (Wildman–Crippen LogP) is 3.20. The van der Waals surface area contributed by atoms with Crippen LogP contribution in [0, 0.1) is 12.3 Å². The molecule has 0 saturated heterocycles. The number of terminal acetylenes is 1. The molecular weight excluding hydrogens is 209 g/mol. The Morgan fingerprint density at radius 1 is 1.21 bits per heavy atom. The molecule has 1 aromatic rings. The van der Waals surface area contributed by atoms with Gasteiger partial charge in [-0.2, -0.15) is 13.2 Å². The first-order valence-corrected chi connectivity index (χ1v) is 5.41. The minimum absolute atomic E-state index is 0.247. The first-order chi connectivity index (χ1) is 6.55. The van der Waals surface area contributed by atoms with Crippen molar-refractivity contribution in [3.8, 4) is 12.3 Å². The second-order valence-electron chi connectivity index (χ2n) is 2.59. The van der Waals surface area contributed by atoms with Crippen LogP contribution in [0.2, 0.25) is 0 Å². The third-order valence-corrected chi connectivity index (χ3v) is 3.66. The second-order valence-corrected chi connectivity index (χ2v) is 4.79. The van der Waals surface area contributed by atoms with Crippen LogP contribution in [0.15, 0.2) is 35.2 Å². The van der Waals surface area contributed by atoms with Crippen LogP contribution >= 0.6 is 10.9 Å². The molecule has 0 N–H and O–H groups in total. The Labute approximate surface area is 83.5 Å². The van der Waals surface area contributed by atoms with Crippen molar-refractivity contribution in [1.29, 1.82) is 0 Å². The lowest BCUT2D eigenvalue weighted by molar-refractivity contribution is -0.0352. The number of rotatable bonds is 2. The molecule has 1 rings (SSSR count). The molecule has 14 heavy (non-hydrogen) atoms. The van der Waals surface area contributed by atoms with E-state index in [1.807, 2.05) is 0 Å². The molecule has 0 saturated carbocycles. The van der Waals surface area contributed by atoms with Crippen LogP contribution in [0.25, 0.3) is 0 Å². The quantitative estimate of drug-likeness (QED) is 0.572. The van der Waals surface area contributed by atoms with Gasteiger partial charge in [-0.25, -0.2) is 0 Å². The lowest BCUT2D eigenvalue weighted by Crippen LogP contribution is -2.10. The summed E-state index contributed by atoms with van der Waals surface area (Å²) in [6.45, 7) is 0. The van der Waals surface area contributed by atoms with Crippen LogP contribution in [0.5, 0.6) is 0 Å². The molecule has 0 amide bonds. The van der Waals surface area contributed by atoms with Crippen LogP contribution in [0.1, 0.15) is 0 Å². The van der Waals surface area contributed by atoms with Gasteiger partial charge in [0, 0.05) is 5.75 Å². The molecule has 0 aliphatic rings.